The minimum atomic E-state index is -3.48. The summed E-state index contributed by atoms with van der Waals surface area (Å²) < 4.78 is 33.5. The lowest BCUT2D eigenvalue weighted by molar-refractivity contribution is 0.138. The number of hydrogen-bond acceptors (Lipinski definition) is 4. The number of aryl methyl sites for hydroxylation is 1. The summed E-state index contributed by atoms with van der Waals surface area (Å²) >= 11 is 5.81. The van der Waals surface area contributed by atoms with E-state index in [4.69, 9.17) is 16.3 Å². The van der Waals surface area contributed by atoms with Gasteiger partial charge < -0.3 is 4.74 Å². The van der Waals surface area contributed by atoms with E-state index in [2.05, 4.69) is 9.71 Å². The molecule has 0 bridgehead atoms. The van der Waals surface area contributed by atoms with Gasteiger partial charge in [-0.2, -0.15) is 0 Å². The number of halogens is 1. The van der Waals surface area contributed by atoms with Crippen LogP contribution in [0.1, 0.15) is 31.2 Å². The van der Waals surface area contributed by atoms with Crippen LogP contribution in [0.3, 0.4) is 0 Å². The molecule has 0 aliphatic heterocycles. The van der Waals surface area contributed by atoms with Crippen molar-refractivity contribution in [3.05, 3.63) is 53.2 Å². The maximum atomic E-state index is 12.5. The third-order valence-electron chi connectivity index (χ3n) is 4.31. The minimum absolute atomic E-state index is 0.0498. The molecule has 1 aromatic carbocycles. The summed E-state index contributed by atoms with van der Waals surface area (Å²) in [5.74, 6) is 0.549. The van der Waals surface area contributed by atoms with Gasteiger partial charge in [0.25, 0.3) is 0 Å². The molecule has 1 aliphatic carbocycles. The summed E-state index contributed by atoms with van der Waals surface area (Å²) in [6.07, 6.45) is 4.65. The number of pyridine rings is 1. The van der Waals surface area contributed by atoms with Gasteiger partial charge in [-0.1, -0.05) is 29.3 Å². The Kier molecular flexibility index (Phi) is 5.61. The highest BCUT2D eigenvalue weighted by Crippen LogP contribution is 2.24. The van der Waals surface area contributed by atoms with Crippen LogP contribution in [0, 0.1) is 6.92 Å². The van der Waals surface area contributed by atoms with Crippen molar-refractivity contribution in [3.8, 4) is 5.88 Å². The molecule has 1 aliphatic rings. The Morgan fingerprint density at radius 1 is 1.08 bits per heavy atom. The quantitative estimate of drug-likeness (QED) is 0.858. The molecule has 7 heteroatoms. The summed E-state index contributed by atoms with van der Waals surface area (Å²) in [6.45, 7) is 1.93. The number of rotatable bonds is 5. The van der Waals surface area contributed by atoms with Crippen LogP contribution in [0.5, 0.6) is 5.88 Å². The van der Waals surface area contributed by atoms with Gasteiger partial charge in [0.15, 0.2) is 0 Å². The molecular weight excluding hydrogens is 360 g/mol. The van der Waals surface area contributed by atoms with E-state index in [1.54, 1.807) is 42.6 Å². The van der Waals surface area contributed by atoms with E-state index >= 15 is 0 Å². The van der Waals surface area contributed by atoms with Crippen molar-refractivity contribution in [1.82, 2.24) is 9.71 Å². The number of aromatic nitrogens is 1. The Morgan fingerprint density at radius 3 is 2.36 bits per heavy atom. The van der Waals surface area contributed by atoms with Gasteiger partial charge in [0.05, 0.1) is 9.92 Å². The highest BCUT2D eigenvalue weighted by Gasteiger charge is 2.26. The van der Waals surface area contributed by atoms with Gasteiger partial charge in [-0.05, 0) is 50.8 Å². The number of hydrogen-bond donors (Lipinski definition) is 1. The lowest BCUT2D eigenvalue weighted by atomic mass is 9.94. The Morgan fingerprint density at radius 2 is 1.76 bits per heavy atom. The maximum Gasteiger partial charge on any atom is 0.240 e. The Balaban J connectivity index is 1.53. The molecule has 25 heavy (non-hydrogen) atoms. The first-order valence-corrected chi connectivity index (χ1v) is 10.2. The van der Waals surface area contributed by atoms with Gasteiger partial charge in [-0.3, -0.25) is 0 Å². The normalized spacial score (nSPS) is 21.0. The van der Waals surface area contributed by atoms with Crippen molar-refractivity contribution in [2.24, 2.45) is 0 Å². The number of nitrogens with one attached hydrogen (secondary N) is 1. The third-order valence-corrected chi connectivity index (χ3v) is 6.07. The van der Waals surface area contributed by atoms with Crippen LogP contribution >= 0.6 is 11.6 Å². The van der Waals surface area contributed by atoms with Gasteiger partial charge in [0, 0.05) is 18.3 Å². The summed E-state index contributed by atoms with van der Waals surface area (Å²) in [5.41, 5.74) is 1.03. The zero-order valence-electron chi connectivity index (χ0n) is 14.0. The van der Waals surface area contributed by atoms with Gasteiger partial charge in [-0.15, -0.1) is 0 Å². The Labute approximate surface area is 153 Å². The second-order valence-electron chi connectivity index (χ2n) is 6.34. The molecule has 0 radical (unpaired) electrons. The molecule has 0 atom stereocenters. The first-order chi connectivity index (χ1) is 11.9. The predicted octanol–water partition coefficient (Wildman–Crippen LogP) is 3.71. The molecule has 1 heterocycles. The standard InChI is InChI=1S/C18H21ClN2O3S/c1-13-2-9-17(10-3-13)25(22,23)21-15-5-7-16(8-6-15)24-18-11-4-14(19)12-20-18/h2-4,9-12,15-16,21H,5-8H2,1H3. The first-order valence-electron chi connectivity index (χ1n) is 8.29. The molecule has 1 N–H and O–H groups in total. The predicted molar refractivity (Wildman–Crippen MR) is 97.4 cm³/mol. The van der Waals surface area contributed by atoms with Crippen molar-refractivity contribution in [2.45, 2.75) is 49.6 Å². The van der Waals surface area contributed by atoms with Crippen molar-refractivity contribution in [2.75, 3.05) is 0 Å². The molecule has 0 saturated heterocycles. The van der Waals surface area contributed by atoms with E-state index < -0.39 is 10.0 Å². The van der Waals surface area contributed by atoms with E-state index in [1.807, 2.05) is 6.92 Å². The molecule has 1 fully saturated rings. The van der Waals surface area contributed by atoms with Crippen molar-refractivity contribution in [3.63, 3.8) is 0 Å². The molecule has 3 rings (SSSR count). The number of sulfonamides is 1. The van der Waals surface area contributed by atoms with E-state index in [9.17, 15) is 8.42 Å². The van der Waals surface area contributed by atoms with Crippen molar-refractivity contribution < 1.29 is 13.2 Å². The van der Waals surface area contributed by atoms with Crippen LogP contribution < -0.4 is 9.46 Å². The largest absolute Gasteiger partial charge is 0.474 e. The number of ether oxygens (including phenoxy) is 1. The topological polar surface area (TPSA) is 68.3 Å². The molecule has 0 amide bonds. The second kappa shape index (κ2) is 7.72. The molecule has 134 valence electrons. The van der Waals surface area contributed by atoms with Crippen LogP contribution in [-0.4, -0.2) is 25.5 Å². The average Bonchev–Trinajstić information content (AvgIpc) is 2.59. The fraction of sp³-hybridized carbons (Fsp3) is 0.389. The summed E-state index contributed by atoms with van der Waals surface area (Å²) in [5, 5.41) is 0.571. The van der Waals surface area contributed by atoms with E-state index in [-0.39, 0.29) is 12.1 Å². The zero-order valence-corrected chi connectivity index (χ0v) is 15.6. The Hall–Kier alpha value is -1.63. The van der Waals surface area contributed by atoms with Gasteiger partial charge in [0.1, 0.15) is 6.10 Å². The van der Waals surface area contributed by atoms with Gasteiger partial charge in [-0.25, -0.2) is 18.1 Å². The van der Waals surface area contributed by atoms with E-state index in [0.717, 1.165) is 31.2 Å². The Bertz CT molecular complexity index is 799. The first kappa shape index (κ1) is 18.2. The summed E-state index contributed by atoms with van der Waals surface area (Å²) in [4.78, 5) is 4.44. The van der Waals surface area contributed by atoms with Gasteiger partial charge in [0.2, 0.25) is 15.9 Å². The van der Waals surface area contributed by atoms with Crippen molar-refractivity contribution in [1.29, 1.82) is 0 Å². The SMILES string of the molecule is Cc1ccc(S(=O)(=O)NC2CCC(Oc3ccc(Cl)cn3)CC2)cc1. The fourth-order valence-corrected chi connectivity index (χ4v) is 4.32. The van der Waals surface area contributed by atoms with Crippen LogP contribution in [0.4, 0.5) is 0 Å². The van der Waals surface area contributed by atoms with Crippen LogP contribution in [-0.2, 0) is 10.0 Å². The van der Waals surface area contributed by atoms with E-state index in [1.165, 1.54) is 0 Å². The van der Waals surface area contributed by atoms with Crippen LogP contribution in [0.15, 0.2) is 47.5 Å². The maximum absolute atomic E-state index is 12.5. The van der Waals surface area contributed by atoms with Gasteiger partial charge >= 0.3 is 0 Å². The monoisotopic (exact) mass is 380 g/mol. The van der Waals surface area contributed by atoms with E-state index in [0.29, 0.717) is 15.8 Å². The lowest BCUT2D eigenvalue weighted by Gasteiger charge is -2.29. The number of benzene rings is 1. The molecule has 0 spiro atoms. The smallest absolute Gasteiger partial charge is 0.240 e. The van der Waals surface area contributed by atoms with Crippen LogP contribution in [0.25, 0.3) is 0 Å². The molecule has 5 nitrogen and oxygen atoms in total. The molecule has 1 saturated carbocycles. The second-order valence-corrected chi connectivity index (χ2v) is 8.49. The molecule has 1 aromatic heterocycles. The number of nitrogens with zero attached hydrogens (tertiary/aromatic N) is 1. The molecular formula is C18H21ClN2O3S. The lowest BCUT2D eigenvalue weighted by Crippen LogP contribution is -2.39. The third kappa shape index (κ3) is 4.93. The highest BCUT2D eigenvalue weighted by atomic mass is 35.5. The van der Waals surface area contributed by atoms with Crippen LogP contribution in [0.2, 0.25) is 5.02 Å². The minimum Gasteiger partial charge on any atom is -0.474 e. The zero-order chi connectivity index (χ0) is 17.9. The van der Waals surface area contributed by atoms with Crippen molar-refractivity contribution >= 4 is 21.6 Å². The molecule has 2 aromatic rings. The summed E-state index contributed by atoms with van der Waals surface area (Å²) in [7, 11) is -3.48. The average molecular weight is 381 g/mol. The molecule has 0 unspecified atom stereocenters. The fourth-order valence-electron chi connectivity index (χ4n) is 2.91. The highest BCUT2D eigenvalue weighted by molar-refractivity contribution is 7.89. The summed E-state index contributed by atoms with van der Waals surface area (Å²) in [6, 6.07) is 10.3.